The van der Waals surface area contributed by atoms with Gasteiger partial charge in [0.2, 0.25) is 0 Å². The second kappa shape index (κ2) is 13.9. The standard InChI is InChI=1S/C28H34O6/c1-6-8-24(17-18-33-28(30)20(3)4)34-27(29)16-10-21-9-15-25(26(19-21)32-7-2)22-11-13-23(31-5)14-12-22/h9-16,19,24H,3,6-8,17-18H2,1-2,4-5H3/b16-10+. The number of hydrogen-bond donors (Lipinski definition) is 0. The van der Waals surface area contributed by atoms with Crippen LogP contribution in [0.1, 0.15) is 45.6 Å². The first-order chi connectivity index (χ1) is 16.4. The first-order valence-corrected chi connectivity index (χ1v) is 11.5. The van der Waals surface area contributed by atoms with Crippen LogP contribution in [0.25, 0.3) is 17.2 Å². The van der Waals surface area contributed by atoms with Crippen LogP contribution in [0.5, 0.6) is 11.5 Å². The SMILES string of the molecule is C=C(C)C(=O)OCCC(CCC)OC(=O)/C=C/c1ccc(-c2ccc(OC)cc2)c(OCC)c1. The van der Waals surface area contributed by atoms with E-state index in [1.165, 1.54) is 6.08 Å². The lowest BCUT2D eigenvalue weighted by molar-refractivity contribution is -0.145. The molecular weight excluding hydrogens is 432 g/mol. The van der Waals surface area contributed by atoms with Gasteiger partial charge in [0.25, 0.3) is 0 Å². The van der Waals surface area contributed by atoms with Crippen LogP contribution in [0.15, 0.2) is 60.7 Å². The van der Waals surface area contributed by atoms with Crippen molar-refractivity contribution < 1.29 is 28.5 Å². The number of carbonyl (C=O) groups is 2. The molecule has 182 valence electrons. The fraction of sp³-hybridized carbons (Fsp3) is 0.357. The molecule has 0 aliphatic carbocycles. The monoisotopic (exact) mass is 466 g/mol. The van der Waals surface area contributed by atoms with Gasteiger partial charge in [-0.3, -0.25) is 0 Å². The molecule has 2 rings (SSSR count). The molecule has 0 radical (unpaired) electrons. The maximum Gasteiger partial charge on any atom is 0.333 e. The Morgan fingerprint density at radius 1 is 1.06 bits per heavy atom. The third-order valence-corrected chi connectivity index (χ3v) is 5.03. The maximum absolute atomic E-state index is 12.4. The Hall–Kier alpha value is -3.54. The Bertz CT molecular complexity index is 990. The zero-order valence-corrected chi connectivity index (χ0v) is 20.5. The van der Waals surface area contributed by atoms with Crippen molar-refractivity contribution in [3.8, 4) is 22.6 Å². The predicted molar refractivity (Wildman–Crippen MR) is 134 cm³/mol. The Labute approximate surface area is 202 Å². The molecule has 2 aromatic rings. The van der Waals surface area contributed by atoms with E-state index in [1.807, 2.05) is 56.3 Å². The topological polar surface area (TPSA) is 71.1 Å². The number of hydrogen-bond acceptors (Lipinski definition) is 6. The van der Waals surface area contributed by atoms with Gasteiger partial charge in [-0.2, -0.15) is 0 Å². The molecule has 0 spiro atoms. The molecule has 0 aliphatic rings. The lowest BCUT2D eigenvalue weighted by atomic mass is 10.0. The van der Waals surface area contributed by atoms with Crippen LogP contribution in [0.3, 0.4) is 0 Å². The molecule has 6 nitrogen and oxygen atoms in total. The molecule has 1 unspecified atom stereocenters. The summed E-state index contributed by atoms with van der Waals surface area (Å²) in [5.74, 6) is 0.632. The average Bonchev–Trinajstić information content (AvgIpc) is 2.83. The molecule has 0 fully saturated rings. The molecule has 34 heavy (non-hydrogen) atoms. The summed E-state index contributed by atoms with van der Waals surface area (Å²) in [7, 11) is 1.63. The van der Waals surface area contributed by atoms with E-state index in [2.05, 4.69) is 6.58 Å². The summed E-state index contributed by atoms with van der Waals surface area (Å²) in [5, 5.41) is 0. The second-order valence-corrected chi connectivity index (χ2v) is 7.80. The summed E-state index contributed by atoms with van der Waals surface area (Å²) < 4.78 is 21.8. The van der Waals surface area contributed by atoms with Gasteiger partial charge in [-0.15, -0.1) is 0 Å². The summed E-state index contributed by atoms with van der Waals surface area (Å²) in [6.07, 6.45) is 4.76. The largest absolute Gasteiger partial charge is 0.497 e. The van der Waals surface area contributed by atoms with E-state index >= 15 is 0 Å². The van der Waals surface area contributed by atoms with Crippen molar-refractivity contribution >= 4 is 18.0 Å². The van der Waals surface area contributed by atoms with Crippen LogP contribution in [0, 0.1) is 0 Å². The number of benzene rings is 2. The first-order valence-electron chi connectivity index (χ1n) is 11.5. The van der Waals surface area contributed by atoms with E-state index in [9.17, 15) is 9.59 Å². The maximum atomic E-state index is 12.4. The van der Waals surface area contributed by atoms with Gasteiger partial charge in [0.15, 0.2) is 0 Å². The van der Waals surface area contributed by atoms with Crippen LogP contribution in [0.4, 0.5) is 0 Å². The molecule has 2 aromatic carbocycles. The van der Waals surface area contributed by atoms with Crippen molar-refractivity contribution in [3.63, 3.8) is 0 Å². The quantitative estimate of drug-likeness (QED) is 0.267. The van der Waals surface area contributed by atoms with E-state index in [-0.39, 0.29) is 12.7 Å². The van der Waals surface area contributed by atoms with Gasteiger partial charge in [-0.25, -0.2) is 9.59 Å². The van der Waals surface area contributed by atoms with Crippen LogP contribution < -0.4 is 9.47 Å². The summed E-state index contributed by atoms with van der Waals surface area (Å²) in [5.41, 5.74) is 3.13. The van der Waals surface area contributed by atoms with Crippen molar-refractivity contribution in [2.75, 3.05) is 20.3 Å². The van der Waals surface area contributed by atoms with Crippen LogP contribution >= 0.6 is 0 Å². The Balaban J connectivity index is 2.05. The van der Waals surface area contributed by atoms with E-state index < -0.39 is 11.9 Å². The zero-order chi connectivity index (χ0) is 24.9. The number of methoxy groups -OCH3 is 1. The molecule has 0 aromatic heterocycles. The normalized spacial score (nSPS) is 11.6. The number of esters is 2. The van der Waals surface area contributed by atoms with Crippen molar-refractivity contribution in [2.45, 2.75) is 46.1 Å². The molecule has 0 amide bonds. The summed E-state index contributed by atoms with van der Waals surface area (Å²) in [6.45, 7) is 9.79. The predicted octanol–water partition coefficient (Wildman–Crippen LogP) is 6.00. The van der Waals surface area contributed by atoms with E-state index in [1.54, 1.807) is 20.1 Å². The highest BCUT2D eigenvalue weighted by molar-refractivity contribution is 5.88. The number of rotatable bonds is 13. The Kier molecular flexibility index (Phi) is 10.9. The van der Waals surface area contributed by atoms with Gasteiger partial charge < -0.3 is 18.9 Å². The fourth-order valence-corrected chi connectivity index (χ4v) is 3.28. The van der Waals surface area contributed by atoms with Gasteiger partial charge in [0.05, 0.1) is 20.3 Å². The van der Waals surface area contributed by atoms with Gasteiger partial charge in [0.1, 0.15) is 17.6 Å². The summed E-state index contributed by atoms with van der Waals surface area (Å²) in [4.78, 5) is 23.9. The third kappa shape index (κ3) is 8.43. The highest BCUT2D eigenvalue weighted by Crippen LogP contribution is 2.32. The zero-order valence-electron chi connectivity index (χ0n) is 20.5. The average molecular weight is 467 g/mol. The Morgan fingerprint density at radius 2 is 1.79 bits per heavy atom. The number of ether oxygens (including phenoxy) is 4. The van der Waals surface area contributed by atoms with Crippen LogP contribution in [-0.4, -0.2) is 38.4 Å². The van der Waals surface area contributed by atoms with Crippen molar-refractivity contribution in [1.82, 2.24) is 0 Å². The molecule has 6 heteroatoms. The van der Waals surface area contributed by atoms with E-state index in [0.29, 0.717) is 25.0 Å². The third-order valence-electron chi connectivity index (χ3n) is 5.03. The van der Waals surface area contributed by atoms with Crippen LogP contribution in [0.2, 0.25) is 0 Å². The minimum absolute atomic E-state index is 0.178. The fourth-order valence-electron chi connectivity index (χ4n) is 3.28. The van der Waals surface area contributed by atoms with Gasteiger partial charge in [0, 0.05) is 23.6 Å². The lowest BCUT2D eigenvalue weighted by Crippen LogP contribution is -2.20. The van der Waals surface area contributed by atoms with Crippen molar-refractivity contribution in [1.29, 1.82) is 0 Å². The smallest absolute Gasteiger partial charge is 0.333 e. The van der Waals surface area contributed by atoms with Crippen molar-refractivity contribution in [2.24, 2.45) is 0 Å². The lowest BCUT2D eigenvalue weighted by Gasteiger charge is -2.16. The Morgan fingerprint density at radius 3 is 2.41 bits per heavy atom. The second-order valence-electron chi connectivity index (χ2n) is 7.80. The molecule has 0 N–H and O–H groups in total. The minimum Gasteiger partial charge on any atom is -0.497 e. The highest BCUT2D eigenvalue weighted by Gasteiger charge is 2.14. The van der Waals surface area contributed by atoms with Gasteiger partial charge in [-0.1, -0.05) is 44.2 Å². The van der Waals surface area contributed by atoms with Crippen molar-refractivity contribution in [3.05, 3.63) is 66.3 Å². The van der Waals surface area contributed by atoms with Crippen LogP contribution in [-0.2, 0) is 19.1 Å². The minimum atomic E-state index is -0.443. The molecule has 0 heterocycles. The molecule has 0 aliphatic heterocycles. The summed E-state index contributed by atoms with van der Waals surface area (Å²) >= 11 is 0. The number of carbonyl (C=O) groups excluding carboxylic acids is 2. The molecule has 0 saturated carbocycles. The molecule has 0 saturated heterocycles. The van der Waals surface area contributed by atoms with E-state index in [4.69, 9.17) is 18.9 Å². The highest BCUT2D eigenvalue weighted by atomic mass is 16.6. The van der Waals surface area contributed by atoms with Gasteiger partial charge >= 0.3 is 11.9 Å². The summed E-state index contributed by atoms with van der Waals surface area (Å²) in [6, 6.07) is 13.5. The molecular formula is C28H34O6. The molecule has 0 bridgehead atoms. The molecule has 1 atom stereocenters. The first kappa shape index (κ1) is 26.7. The van der Waals surface area contributed by atoms with Gasteiger partial charge in [-0.05, 0) is 55.7 Å². The van der Waals surface area contributed by atoms with E-state index in [0.717, 1.165) is 34.6 Å².